The lowest BCUT2D eigenvalue weighted by Gasteiger charge is -2.11. The number of rotatable bonds is 3. The van der Waals surface area contributed by atoms with E-state index in [4.69, 9.17) is 21.1 Å². The second-order valence-corrected chi connectivity index (χ2v) is 4.87. The van der Waals surface area contributed by atoms with Gasteiger partial charge in [0, 0.05) is 5.56 Å². The van der Waals surface area contributed by atoms with Gasteiger partial charge in [0.25, 0.3) is 0 Å². The molecule has 3 heteroatoms. The Kier molecular flexibility index (Phi) is 3.83. The Morgan fingerprint density at radius 1 is 0.947 bits per heavy atom. The van der Waals surface area contributed by atoms with E-state index < -0.39 is 0 Å². The molecule has 0 radical (unpaired) electrons. The van der Waals surface area contributed by atoms with Gasteiger partial charge in [-0.15, -0.1) is 11.6 Å². The summed E-state index contributed by atoms with van der Waals surface area (Å²) in [5.74, 6) is 0.471. The van der Waals surface area contributed by atoms with Crippen molar-refractivity contribution in [2.45, 2.75) is 12.4 Å². The standard InChI is InChI=1S/C16H15ClO2/c17-10-15-11-18-16(19-15)14-8-6-13(7-9-14)12-4-2-1-3-5-12/h1-9,15-16H,10-11H2. The van der Waals surface area contributed by atoms with E-state index in [1.165, 1.54) is 11.1 Å². The number of benzene rings is 2. The third-order valence-corrected chi connectivity index (χ3v) is 3.56. The highest BCUT2D eigenvalue weighted by molar-refractivity contribution is 6.18. The summed E-state index contributed by atoms with van der Waals surface area (Å²) in [6, 6.07) is 18.6. The van der Waals surface area contributed by atoms with Crippen molar-refractivity contribution in [1.29, 1.82) is 0 Å². The predicted octanol–water partition coefficient (Wildman–Crippen LogP) is 4.01. The van der Waals surface area contributed by atoms with Gasteiger partial charge < -0.3 is 9.47 Å². The summed E-state index contributed by atoms with van der Waals surface area (Å²) >= 11 is 5.76. The van der Waals surface area contributed by atoms with Crippen LogP contribution >= 0.6 is 11.6 Å². The maximum atomic E-state index is 5.76. The molecular formula is C16H15ClO2. The summed E-state index contributed by atoms with van der Waals surface area (Å²) in [7, 11) is 0. The Balaban J connectivity index is 1.76. The van der Waals surface area contributed by atoms with Crippen LogP contribution in [0.15, 0.2) is 54.6 Å². The molecule has 2 aromatic rings. The van der Waals surface area contributed by atoms with Gasteiger partial charge >= 0.3 is 0 Å². The van der Waals surface area contributed by atoms with Gasteiger partial charge in [-0.25, -0.2) is 0 Å². The molecule has 0 spiro atoms. The van der Waals surface area contributed by atoms with Crippen LogP contribution in [0.3, 0.4) is 0 Å². The first-order valence-corrected chi connectivity index (χ1v) is 6.88. The minimum atomic E-state index is -0.284. The smallest absolute Gasteiger partial charge is 0.184 e. The van der Waals surface area contributed by atoms with Crippen molar-refractivity contribution in [3.05, 3.63) is 60.2 Å². The van der Waals surface area contributed by atoms with E-state index in [-0.39, 0.29) is 12.4 Å². The van der Waals surface area contributed by atoms with Crippen molar-refractivity contribution in [2.75, 3.05) is 12.5 Å². The monoisotopic (exact) mass is 274 g/mol. The van der Waals surface area contributed by atoms with Crippen LogP contribution in [0.4, 0.5) is 0 Å². The summed E-state index contributed by atoms with van der Waals surface area (Å²) in [5, 5.41) is 0. The lowest BCUT2D eigenvalue weighted by molar-refractivity contribution is -0.0567. The fourth-order valence-electron chi connectivity index (χ4n) is 2.17. The maximum Gasteiger partial charge on any atom is 0.184 e. The second-order valence-electron chi connectivity index (χ2n) is 4.57. The zero-order chi connectivity index (χ0) is 13.1. The average Bonchev–Trinajstić information content (AvgIpc) is 2.97. The van der Waals surface area contributed by atoms with Crippen molar-refractivity contribution in [3.63, 3.8) is 0 Å². The lowest BCUT2D eigenvalue weighted by Crippen LogP contribution is -2.10. The Hall–Kier alpha value is -1.35. The van der Waals surface area contributed by atoms with Crippen LogP contribution in [0.2, 0.25) is 0 Å². The molecule has 1 saturated heterocycles. The zero-order valence-electron chi connectivity index (χ0n) is 10.5. The van der Waals surface area contributed by atoms with Crippen LogP contribution in [0.5, 0.6) is 0 Å². The molecule has 0 saturated carbocycles. The zero-order valence-corrected chi connectivity index (χ0v) is 11.2. The number of halogens is 1. The number of hydrogen-bond donors (Lipinski definition) is 0. The first kappa shape index (κ1) is 12.7. The first-order chi connectivity index (χ1) is 9.36. The fourth-order valence-corrected chi connectivity index (χ4v) is 2.33. The summed E-state index contributed by atoms with van der Waals surface area (Å²) < 4.78 is 11.3. The van der Waals surface area contributed by atoms with Crippen LogP contribution in [-0.2, 0) is 9.47 Å². The molecule has 3 rings (SSSR count). The van der Waals surface area contributed by atoms with E-state index in [9.17, 15) is 0 Å². The Morgan fingerprint density at radius 2 is 1.63 bits per heavy atom. The molecule has 1 aliphatic heterocycles. The highest BCUT2D eigenvalue weighted by atomic mass is 35.5. The molecule has 19 heavy (non-hydrogen) atoms. The highest BCUT2D eigenvalue weighted by Crippen LogP contribution is 2.29. The van der Waals surface area contributed by atoms with Gasteiger partial charge in [-0.05, 0) is 11.1 Å². The van der Waals surface area contributed by atoms with Crippen molar-refractivity contribution < 1.29 is 9.47 Å². The molecule has 0 amide bonds. The molecule has 2 nitrogen and oxygen atoms in total. The van der Waals surface area contributed by atoms with Gasteiger partial charge in [0.1, 0.15) is 0 Å². The fraction of sp³-hybridized carbons (Fsp3) is 0.250. The van der Waals surface area contributed by atoms with E-state index in [2.05, 4.69) is 24.3 Å². The second kappa shape index (κ2) is 5.74. The van der Waals surface area contributed by atoms with E-state index in [1.54, 1.807) is 0 Å². The topological polar surface area (TPSA) is 18.5 Å². The van der Waals surface area contributed by atoms with Crippen LogP contribution in [0, 0.1) is 0 Å². The predicted molar refractivity (Wildman–Crippen MR) is 76.2 cm³/mol. The molecular weight excluding hydrogens is 260 g/mol. The molecule has 1 fully saturated rings. The molecule has 0 N–H and O–H groups in total. The average molecular weight is 275 g/mol. The molecule has 0 bridgehead atoms. The van der Waals surface area contributed by atoms with Crippen LogP contribution < -0.4 is 0 Å². The summed E-state index contributed by atoms with van der Waals surface area (Å²) in [6.07, 6.45) is -0.283. The van der Waals surface area contributed by atoms with Gasteiger partial charge in [0.2, 0.25) is 0 Å². The lowest BCUT2D eigenvalue weighted by atomic mass is 10.0. The van der Waals surface area contributed by atoms with Gasteiger partial charge in [-0.1, -0.05) is 54.6 Å². The van der Waals surface area contributed by atoms with Crippen molar-refractivity contribution >= 4 is 11.6 Å². The Morgan fingerprint density at radius 3 is 2.26 bits per heavy atom. The minimum absolute atomic E-state index is 0.000432. The molecule has 2 unspecified atom stereocenters. The molecule has 0 aromatic heterocycles. The van der Waals surface area contributed by atoms with Crippen molar-refractivity contribution in [3.8, 4) is 11.1 Å². The van der Waals surface area contributed by atoms with Crippen LogP contribution in [-0.4, -0.2) is 18.6 Å². The van der Waals surface area contributed by atoms with E-state index in [1.807, 2.05) is 30.3 Å². The summed E-state index contributed by atoms with van der Waals surface area (Å²) in [6.45, 7) is 0.564. The van der Waals surface area contributed by atoms with Crippen LogP contribution in [0.1, 0.15) is 11.9 Å². The largest absolute Gasteiger partial charge is 0.346 e. The number of hydrogen-bond acceptors (Lipinski definition) is 2. The summed E-state index contributed by atoms with van der Waals surface area (Å²) in [5.41, 5.74) is 3.43. The number of alkyl halides is 1. The van der Waals surface area contributed by atoms with Gasteiger partial charge in [-0.2, -0.15) is 0 Å². The van der Waals surface area contributed by atoms with Gasteiger partial charge in [-0.3, -0.25) is 0 Å². The maximum absolute atomic E-state index is 5.76. The first-order valence-electron chi connectivity index (χ1n) is 6.35. The molecule has 98 valence electrons. The number of ether oxygens (including phenoxy) is 2. The quantitative estimate of drug-likeness (QED) is 0.788. The molecule has 1 heterocycles. The third kappa shape index (κ3) is 2.81. The third-order valence-electron chi connectivity index (χ3n) is 3.21. The van der Waals surface area contributed by atoms with Gasteiger partial charge in [0.05, 0.1) is 18.6 Å². The normalized spacial score (nSPS) is 22.6. The summed E-state index contributed by atoms with van der Waals surface area (Å²) in [4.78, 5) is 0. The SMILES string of the molecule is ClCC1COC(c2ccc(-c3ccccc3)cc2)O1. The van der Waals surface area contributed by atoms with E-state index in [0.717, 1.165) is 5.56 Å². The highest BCUT2D eigenvalue weighted by Gasteiger charge is 2.26. The van der Waals surface area contributed by atoms with Gasteiger partial charge in [0.15, 0.2) is 6.29 Å². The van der Waals surface area contributed by atoms with Crippen LogP contribution in [0.25, 0.3) is 11.1 Å². The van der Waals surface area contributed by atoms with Crippen molar-refractivity contribution in [2.24, 2.45) is 0 Å². The molecule has 0 aliphatic carbocycles. The molecule has 2 atom stereocenters. The minimum Gasteiger partial charge on any atom is -0.346 e. The van der Waals surface area contributed by atoms with E-state index in [0.29, 0.717) is 12.5 Å². The Labute approximate surface area is 117 Å². The molecule has 1 aliphatic rings. The van der Waals surface area contributed by atoms with E-state index >= 15 is 0 Å². The molecule has 2 aromatic carbocycles. The van der Waals surface area contributed by atoms with Crippen molar-refractivity contribution in [1.82, 2.24) is 0 Å². The Bertz CT molecular complexity index is 524.